The van der Waals surface area contributed by atoms with Gasteiger partial charge >= 0.3 is 0 Å². The number of benzene rings is 2. The first-order chi connectivity index (χ1) is 14.4. The number of hydrogen-bond acceptors (Lipinski definition) is 6. The van der Waals surface area contributed by atoms with Gasteiger partial charge < -0.3 is 0 Å². The van der Waals surface area contributed by atoms with Gasteiger partial charge in [0.05, 0.1) is 17.2 Å². The molecular formula is C21H24ClN5O3. The molecule has 158 valence electrons. The van der Waals surface area contributed by atoms with Crippen LogP contribution in [0.3, 0.4) is 0 Å². The quantitative estimate of drug-likeness (QED) is 0.415. The molecule has 1 aliphatic heterocycles. The van der Waals surface area contributed by atoms with E-state index in [0.717, 1.165) is 43.3 Å². The van der Waals surface area contributed by atoms with E-state index in [1.54, 1.807) is 19.1 Å². The first-order valence-electron chi connectivity index (χ1n) is 9.68. The SMILES string of the molecule is CC(=NNC(=O)CN1CCN(Cc2ccccc2Cl)CC1)c1cccc([N+](=O)[O-])c1. The number of nitro benzene ring substituents is 1. The Morgan fingerprint density at radius 2 is 1.83 bits per heavy atom. The highest BCUT2D eigenvalue weighted by Crippen LogP contribution is 2.18. The van der Waals surface area contributed by atoms with Crippen LogP contribution in [0.2, 0.25) is 5.02 Å². The highest BCUT2D eigenvalue weighted by atomic mass is 35.5. The average molecular weight is 430 g/mol. The summed E-state index contributed by atoms with van der Waals surface area (Å²) in [6.45, 7) is 6.03. The summed E-state index contributed by atoms with van der Waals surface area (Å²) in [4.78, 5) is 27.1. The molecule has 0 unspecified atom stereocenters. The topological polar surface area (TPSA) is 91.1 Å². The molecule has 0 bridgehead atoms. The third kappa shape index (κ3) is 6.09. The molecule has 0 atom stereocenters. The maximum atomic E-state index is 12.2. The van der Waals surface area contributed by atoms with E-state index in [9.17, 15) is 14.9 Å². The third-order valence-electron chi connectivity index (χ3n) is 5.01. The fraction of sp³-hybridized carbons (Fsp3) is 0.333. The molecule has 0 saturated carbocycles. The van der Waals surface area contributed by atoms with Gasteiger partial charge in [0.25, 0.3) is 11.6 Å². The molecule has 1 heterocycles. The number of hydrazone groups is 1. The maximum Gasteiger partial charge on any atom is 0.270 e. The Labute approximate surface area is 180 Å². The summed E-state index contributed by atoms with van der Waals surface area (Å²) < 4.78 is 0. The van der Waals surface area contributed by atoms with Gasteiger partial charge in [0, 0.05) is 55.4 Å². The normalized spacial score (nSPS) is 15.7. The van der Waals surface area contributed by atoms with Crippen LogP contribution in [0, 0.1) is 10.1 Å². The zero-order valence-corrected chi connectivity index (χ0v) is 17.5. The van der Waals surface area contributed by atoms with Gasteiger partial charge in [0.15, 0.2) is 0 Å². The highest BCUT2D eigenvalue weighted by Gasteiger charge is 2.19. The fourth-order valence-corrected chi connectivity index (χ4v) is 3.46. The number of hydrogen-bond donors (Lipinski definition) is 1. The summed E-state index contributed by atoms with van der Waals surface area (Å²) >= 11 is 6.23. The van der Waals surface area contributed by atoms with Crippen LogP contribution in [0.5, 0.6) is 0 Å². The van der Waals surface area contributed by atoms with Gasteiger partial charge in [-0.1, -0.05) is 41.9 Å². The Kier molecular flexibility index (Phi) is 7.51. The molecule has 1 aliphatic rings. The van der Waals surface area contributed by atoms with E-state index in [4.69, 9.17) is 11.6 Å². The number of nitro groups is 1. The zero-order chi connectivity index (χ0) is 21.5. The van der Waals surface area contributed by atoms with Crippen molar-refractivity contribution in [3.8, 4) is 0 Å². The van der Waals surface area contributed by atoms with Crippen molar-refractivity contribution in [3.63, 3.8) is 0 Å². The van der Waals surface area contributed by atoms with Crippen LogP contribution in [0.25, 0.3) is 0 Å². The molecule has 1 fully saturated rings. The van der Waals surface area contributed by atoms with Crippen LogP contribution in [-0.2, 0) is 11.3 Å². The number of non-ortho nitro benzene ring substituents is 1. The van der Waals surface area contributed by atoms with Crippen LogP contribution >= 0.6 is 11.6 Å². The van der Waals surface area contributed by atoms with Gasteiger partial charge in [0.1, 0.15) is 0 Å². The lowest BCUT2D eigenvalue weighted by molar-refractivity contribution is -0.384. The summed E-state index contributed by atoms with van der Waals surface area (Å²) in [5.74, 6) is -0.209. The van der Waals surface area contributed by atoms with Crippen LogP contribution in [-0.4, -0.2) is 59.1 Å². The number of carbonyl (C=O) groups is 1. The van der Waals surface area contributed by atoms with Crippen molar-refractivity contribution in [2.75, 3.05) is 32.7 Å². The Bertz CT molecular complexity index is 942. The molecule has 0 radical (unpaired) electrons. The van der Waals surface area contributed by atoms with Crippen molar-refractivity contribution >= 4 is 28.9 Å². The molecule has 0 aliphatic carbocycles. The summed E-state index contributed by atoms with van der Waals surface area (Å²) in [5, 5.41) is 15.7. The number of rotatable bonds is 7. The average Bonchev–Trinajstić information content (AvgIpc) is 2.75. The number of amides is 1. The van der Waals surface area contributed by atoms with E-state index >= 15 is 0 Å². The van der Waals surface area contributed by atoms with Crippen molar-refractivity contribution in [3.05, 3.63) is 74.8 Å². The largest absolute Gasteiger partial charge is 0.296 e. The summed E-state index contributed by atoms with van der Waals surface area (Å²) in [6.07, 6.45) is 0. The molecule has 1 saturated heterocycles. The van der Waals surface area contributed by atoms with Gasteiger partial charge in [0.2, 0.25) is 0 Å². The lowest BCUT2D eigenvalue weighted by Gasteiger charge is -2.34. The Morgan fingerprint density at radius 3 is 2.53 bits per heavy atom. The molecule has 2 aromatic rings. The number of nitrogens with zero attached hydrogens (tertiary/aromatic N) is 4. The molecule has 1 amide bonds. The van der Waals surface area contributed by atoms with Crippen molar-refractivity contribution in [2.45, 2.75) is 13.5 Å². The number of halogens is 1. The first-order valence-corrected chi connectivity index (χ1v) is 10.1. The minimum atomic E-state index is -0.458. The third-order valence-corrected chi connectivity index (χ3v) is 5.38. The maximum absolute atomic E-state index is 12.2. The zero-order valence-electron chi connectivity index (χ0n) is 16.8. The van der Waals surface area contributed by atoms with Gasteiger partial charge in [-0.2, -0.15) is 5.10 Å². The second-order valence-corrected chi connectivity index (χ2v) is 7.59. The van der Waals surface area contributed by atoms with E-state index in [1.165, 1.54) is 12.1 Å². The van der Waals surface area contributed by atoms with Crippen LogP contribution in [0.4, 0.5) is 5.69 Å². The second kappa shape index (κ2) is 10.3. The molecular weight excluding hydrogens is 406 g/mol. The molecule has 9 heteroatoms. The van der Waals surface area contributed by atoms with Gasteiger partial charge in [-0.15, -0.1) is 0 Å². The Hall–Kier alpha value is -2.81. The molecule has 30 heavy (non-hydrogen) atoms. The van der Waals surface area contributed by atoms with Crippen molar-refractivity contribution < 1.29 is 9.72 Å². The van der Waals surface area contributed by atoms with Crippen molar-refractivity contribution in [2.24, 2.45) is 5.10 Å². The van der Waals surface area contributed by atoms with Gasteiger partial charge in [-0.3, -0.25) is 24.7 Å². The lowest BCUT2D eigenvalue weighted by Crippen LogP contribution is -2.48. The number of carbonyl (C=O) groups excluding carboxylic acids is 1. The van der Waals surface area contributed by atoms with Crippen molar-refractivity contribution in [1.29, 1.82) is 0 Å². The molecule has 0 spiro atoms. The molecule has 1 N–H and O–H groups in total. The van der Waals surface area contributed by atoms with E-state index in [-0.39, 0.29) is 18.1 Å². The van der Waals surface area contributed by atoms with Gasteiger partial charge in [-0.25, -0.2) is 5.43 Å². The predicted octanol–water partition coefficient (Wildman–Crippen LogP) is 2.91. The van der Waals surface area contributed by atoms with E-state index in [2.05, 4.69) is 20.3 Å². The van der Waals surface area contributed by atoms with Crippen LogP contribution in [0.15, 0.2) is 53.6 Å². The molecule has 0 aromatic heterocycles. The predicted molar refractivity (Wildman–Crippen MR) is 117 cm³/mol. The number of piperazine rings is 1. The van der Waals surface area contributed by atoms with E-state index in [1.807, 2.05) is 24.3 Å². The van der Waals surface area contributed by atoms with Gasteiger partial charge in [-0.05, 0) is 18.6 Å². The second-order valence-electron chi connectivity index (χ2n) is 7.18. The van der Waals surface area contributed by atoms with Crippen molar-refractivity contribution in [1.82, 2.24) is 15.2 Å². The van der Waals surface area contributed by atoms with E-state index in [0.29, 0.717) is 11.3 Å². The monoisotopic (exact) mass is 429 g/mol. The van der Waals surface area contributed by atoms with E-state index < -0.39 is 4.92 Å². The molecule has 8 nitrogen and oxygen atoms in total. The highest BCUT2D eigenvalue weighted by molar-refractivity contribution is 6.31. The minimum Gasteiger partial charge on any atom is -0.296 e. The molecule has 2 aromatic carbocycles. The van der Waals surface area contributed by atoms with Crippen LogP contribution < -0.4 is 5.43 Å². The summed E-state index contributed by atoms with van der Waals surface area (Å²) in [5.41, 5.74) is 4.74. The number of nitrogens with one attached hydrogen (secondary N) is 1. The standard InChI is InChI=1S/C21H24ClN5O3/c1-16(17-6-4-7-19(13-17)27(29)30)23-24-21(28)15-26-11-9-25(10-12-26)14-18-5-2-3-8-20(18)22/h2-8,13H,9-12,14-15H2,1H3,(H,24,28). The minimum absolute atomic E-state index is 0.0111. The lowest BCUT2D eigenvalue weighted by atomic mass is 10.1. The Morgan fingerprint density at radius 1 is 1.13 bits per heavy atom. The fourth-order valence-electron chi connectivity index (χ4n) is 3.27. The first kappa shape index (κ1) is 21.9. The summed E-state index contributed by atoms with van der Waals surface area (Å²) in [6, 6.07) is 14.0. The van der Waals surface area contributed by atoms with Crippen LogP contribution in [0.1, 0.15) is 18.1 Å². The smallest absolute Gasteiger partial charge is 0.270 e. The summed E-state index contributed by atoms with van der Waals surface area (Å²) in [7, 11) is 0. The molecule has 3 rings (SSSR count). The Balaban J connectivity index is 1.45.